The Bertz CT molecular complexity index is 1800. The number of anilines is 1. The predicted octanol–water partition coefficient (Wildman–Crippen LogP) is 5.58. The van der Waals surface area contributed by atoms with E-state index in [1.165, 1.54) is 11.1 Å². The van der Waals surface area contributed by atoms with Crippen molar-refractivity contribution in [3.63, 3.8) is 0 Å². The molecule has 2 aromatic carbocycles. The van der Waals surface area contributed by atoms with E-state index < -0.39 is 41.9 Å². The van der Waals surface area contributed by atoms with Crippen LogP contribution >= 0.6 is 11.6 Å². The van der Waals surface area contributed by atoms with E-state index in [0.717, 1.165) is 32.1 Å². The molecule has 0 unspecified atom stereocenters. The fraction of sp³-hybridized carbons (Fsp3) is 0.583. The molecule has 4 aliphatic rings. The van der Waals surface area contributed by atoms with Gasteiger partial charge in [0.05, 0.1) is 34.1 Å². The van der Waals surface area contributed by atoms with Gasteiger partial charge in [0.1, 0.15) is 5.75 Å². The van der Waals surface area contributed by atoms with Crippen molar-refractivity contribution in [3.8, 4) is 5.75 Å². The van der Waals surface area contributed by atoms with Crippen LogP contribution in [-0.2, 0) is 31.7 Å². The summed E-state index contributed by atoms with van der Waals surface area (Å²) in [6.45, 7) is 6.51. The van der Waals surface area contributed by atoms with Crippen LogP contribution in [0.1, 0.15) is 87.2 Å². The standard InChI is InChI=1S/C36H47ClN2O7S2/c1-35(2,3)47(42,43)18-16-28-8-4-5-9-32(40)29-13-10-26(29)21-39-22-36(17-6-7-24-19-27(37)12-14-30(24)36)23-46-33-15-11-25(20-31(33)39)34(41)38-48(28,44)45/h5,9,11-12,14-15,19-20,26,28-29,32,40H,4,6-8,10,13,16-18,21-23H2,1-3H3,(H,38,41)/b9-5+/t26-,28-,29+,32-,36-/m0/s1. The van der Waals surface area contributed by atoms with Crippen molar-refractivity contribution >= 4 is 43.1 Å². The molecule has 6 rings (SSSR count). The molecule has 2 aliphatic heterocycles. The van der Waals surface area contributed by atoms with Crippen molar-refractivity contribution in [2.24, 2.45) is 11.8 Å². The Morgan fingerprint density at radius 1 is 1.12 bits per heavy atom. The van der Waals surface area contributed by atoms with Crippen LogP contribution in [0.15, 0.2) is 48.6 Å². The van der Waals surface area contributed by atoms with Crippen LogP contribution < -0.4 is 14.4 Å². The second-order valence-corrected chi connectivity index (χ2v) is 20.4. The molecular weight excluding hydrogens is 672 g/mol. The first-order chi connectivity index (χ1) is 22.6. The van der Waals surface area contributed by atoms with Gasteiger partial charge >= 0.3 is 0 Å². The van der Waals surface area contributed by atoms with Gasteiger partial charge < -0.3 is 14.7 Å². The molecule has 1 fully saturated rings. The van der Waals surface area contributed by atoms with Gasteiger partial charge in [-0.25, -0.2) is 21.6 Å². The van der Waals surface area contributed by atoms with Gasteiger partial charge in [-0.15, -0.1) is 0 Å². The topological polar surface area (TPSA) is 130 Å². The highest BCUT2D eigenvalue weighted by atomic mass is 35.5. The Morgan fingerprint density at radius 2 is 1.92 bits per heavy atom. The first-order valence-electron chi connectivity index (χ1n) is 17.0. The summed E-state index contributed by atoms with van der Waals surface area (Å²) in [5, 5.41) is 10.8. The number of ether oxygens (including phenoxy) is 1. The van der Waals surface area contributed by atoms with E-state index in [4.69, 9.17) is 16.3 Å². The third-order valence-corrected chi connectivity index (χ3v) is 15.7. The number of amides is 1. The highest BCUT2D eigenvalue weighted by Crippen LogP contribution is 2.46. The Kier molecular flexibility index (Phi) is 9.74. The van der Waals surface area contributed by atoms with Crippen molar-refractivity contribution in [2.45, 2.75) is 93.7 Å². The minimum atomic E-state index is -4.26. The molecule has 0 aromatic heterocycles. The van der Waals surface area contributed by atoms with Crippen LogP contribution in [0.5, 0.6) is 5.75 Å². The fourth-order valence-electron chi connectivity index (χ4n) is 7.79. The van der Waals surface area contributed by atoms with Gasteiger partial charge in [0.2, 0.25) is 10.0 Å². The molecule has 2 aliphatic carbocycles. The number of sulfonamides is 1. The molecule has 0 saturated heterocycles. The van der Waals surface area contributed by atoms with Crippen LogP contribution in [0.2, 0.25) is 5.02 Å². The summed E-state index contributed by atoms with van der Waals surface area (Å²) in [7, 11) is -7.85. The second kappa shape index (κ2) is 13.3. The lowest BCUT2D eigenvalue weighted by atomic mass is 9.68. The van der Waals surface area contributed by atoms with E-state index in [0.29, 0.717) is 42.6 Å². The zero-order valence-electron chi connectivity index (χ0n) is 28.0. The number of rotatable bonds is 3. The summed E-state index contributed by atoms with van der Waals surface area (Å²) in [6.07, 6.45) is 7.81. The predicted molar refractivity (Wildman–Crippen MR) is 189 cm³/mol. The van der Waals surface area contributed by atoms with Gasteiger partial charge in [0.15, 0.2) is 9.84 Å². The Labute approximate surface area is 290 Å². The van der Waals surface area contributed by atoms with Crippen molar-refractivity contribution in [1.29, 1.82) is 0 Å². The molecule has 262 valence electrons. The Morgan fingerprint density at radius 3 is 2.65 bits per heavy atom. The molecule has 2 N–H and O–H groups in total. The molecule has 2 aromatic rings. The largest absolute Gasteiger partial charge is 0.490 e. The maximum Gasteiger partial charge on any atom is 0.264 e. The molecule has 12 heteroatoms. The number of allylic oxidation sites excluding steroid dienone is 1. The van der Waals surface area contributed by atoms with Crippen molar-refractivity contribution in [1.82, 2.24) is 4.72 Å². The molecule has 5 atom stereocenters. The number of carbonyl (C=O) groups excluding carboxylic acids is 1. The number of aliphatic hydroxyl groups is 1. The number of sulfone groups is 1. The minimum absolute atomic E-state index is 0.0399. The number of nitrogens with one attached hydrogen (secondary N) is 1. The third kappa shape index (κ3) is 7.02. The van der Waals surface area contributed by atoms with Gasteiger partial charge in [0.25, 0.3) is 5.91 Å². The summed E-state index contributed by atoms with van der Waals surface area (Å²) in [4.78, 5) is 15.9. The lowest BCUT2D eigenvalue weighted by Gasteiger charge is -2.45. The number of halogens is 1. The monoisotopic (exact) mass is 718 g/mol. The normalized spacial score (nSPS) is 29.8. The average Bonchev–Trinajstić information content (AvgIpc) is 3.14. The second-order valence-electron chi connectivity index (χ2n) is 15.1. The van der Waals surface area contributed by atoms with Gasteiger partial charge in [-0.2, -0.15) is 0 Å². The lowest BCUT2D eigenvalue weighted by Crippen LogP contribution is -2.49. The molecule has 48 heavy (non-hydrogen) atoms. The summed E-state index contributed by atoms with van der Waals surface area (Å²) in [5.74, 6) is -0.220. The molecular formula is C36H47ClN2O7S2. The van der Waals surface area contributed by atoms with Gasteiger partial charge in [-0.3, -0.25) is 4.79 Å². The van der Waals surface area contributed by atoms with Gasteiger partial charge in [-0.05, 0) is 125 Å². The molecule has 1 saturated carbocycles. The maximum absolute atomic E-state index is 13.7. The zero-order chi connectivity index (χ0) is 34.5. The molecule has 2 bridgehead atoms. The smallest absolute Gasteiger partial charge is 0.264 e. The highest BCUT2D eigenvalue weighted by molar-refractivity contribution is 7.93. The highest BCUT2D eigenvalue weighted by Gasteiger charge is 2.44. The summed E-state index contributed by atoms with van der Waals surface area (Å²) in [6, 6.07) is 11.1. The quantitative estimate of drug-likeness (QED) is 0.394. The Balaban J connectivity index is 1.37. The number of carbonyl (C=O) groups is 1. The van der Waals surface area contributed by atoms with Gasteiger partial charge in [-0.1, -0.05) is 29.8 Å². The first kappa shape index (κ1) is 35.2. The van der Waals surface area contributed by atoms with Crippen LogP contribution in [0, 0.1) is 11.8 Å². The average molecular weight is 719 g/mol. The van der Waals surface area contributed by atoms with E-state index in [1.54, 1.807) is 51.1 Å². The number of aryl methyl sites for hydroxylation is 1. The Hall–Kier alpha value is -2.60. The van der Waals surface area contributed by atoms with Crippen LogP contribution in [0.25, 0.3) is 0 Å². The third-order valence-electron chi connectivity index (χ3n) is 11.0. The van der Waals surface area contributed by atoms with Crippen LogP contribution in [-0.4, -0.2) is 69.4 Å². The summed E-state index contributed by atoms with van der Waals surface area (Å²) >= 11 is 6.40. The van der Waals surface area contributed by atoms with E-state index >= 15 is 0 Å². The number of hydrogen-bond acceptors (Lipinski definition) is 8. The number of hydrogen-bond donors (Lipinski definition) is 2. The van der Waals surface area contributed by atoms with E-state index in [2.05, 4.69) is 15.7 Å². The van der Waals surface area contributed by atoms with Crippen molar-refractivity contribution in [2.75, 3.05) is 30.3 Å². The maximum atomic E-state index is 13.7. The molecule has 1 spiro atoms. The minimum Gasteiger partial charge on any atom is -0.490 e. The first-order valence-corrected chi connectivity index (χ1v) is 20.6. The number of benzene rings is 2. The van der Waals surface area contributed by atoms with E-state index in [9.17, 15) is 26.7 Å². The molecule has 0 radical (unpaired) electrons. The van der Waals surface area contributed by atoms with Crippen molar-refractivity contribution in [3.05, 3.63) is 70.3 Å². The number of fused-ring (bicyclic) bond motifs is 4. The zero-order valence-corrected chi connectivity index (χ0v) is 30.3. The summed E-state index contributed by atoms with van der Waals surface area (Å²) in [5.41, 5.74) is 3.01. The molecule has 2 heterocycles. The lowest BCUT2D eigenvalue weighted by molar-refractivity contribution is 0.0456. The van der Waals surface area contributed by atoms with Crippen molar-refractivity contribution < 1.29 is 31.5 Å². The van der Waals surface area contributed by atoms with Gasteiger partial charge in [0, 0.05) is 29.1 Å². The summed E-state index contributed by atoms with van der Waals surface area (Å²) < 4.78 is 60.9. The van der Waals surface area contributed by atoms with E-state index in [1.807, 2.05) is 12.1 Å². The number of nitrogens with zero attached hydrogens (tertiary/aromatic N) is 1. The van der Waals surface area contributed by atoms with Crippen LogP contribution in [0.4, 0.5) is 5.69 Å². The van der Waals surface area contributed by atoms with E-state index in [-0.39, 0.29) is 41.4 Å². The number of aliphatic hydroxyl groups excluding tert-OH is 1. The van der Waals surface area contributed by atoms with Crippen LogP contribution in [0.3, 0.4) is 0 Å². The fourth-order valence-corrected chi connectivity index (χ4v) is 10.8. The SMILES string of the molecule is CC(C)(C)S(=O)(=O)CC[C@@H]1CC/C=C/[C@H](O)[C@@H]2CC[C@H]2CN2C[C@@]3(CCCc4cc(Cl)ccc43)COc3ccc(cc32)C(=O)NS1(=O)=O. The molecule has 9 nitrogen and oxygen atoms in total. The molecule has 1 amide bonds.